The number of benzene rings is 2. The van der Waals surface area contributed by atoms with E-state index >= 15 is 0 Å². The van der Waals surface area contributed by atoms with E-state index in [0.29, 0.717) is 10.0 Å². The maximum Gasteiger partial charge on any atom is 0.292 e. The van der Waals surface area contributed by atoms with E-state index in [1.807, 2.05) is 0 Å². The Morgan fingerprint density at radius 3 is 2.73 bits per heavy atom. The number of nitro benzene ring substituents is 1. The van der Waals surface area contributed by atoms with Crippen LogP contribution in [0.4, 0.5) is 15.8 Å². The molecular formula is C14H11BrFN3O3. The number of carbonyl (C=O) groups excluding carboxylic acids is 1. The average Bonchev–Trinajstić information content (AvgIpc) is 2.48. The van der Waals surface area contributed by atoms with Crippen molar-refractivity contribution in [2.45, 2.75) is 6.54 Å². The van der Waals surface area contributed by atoms with Crippen molar-refractivity contribution in [3.8, 4) is 0 Å². The summed E-state index contributed by atoms with van der Waals surface area (Å²) in [5.41, 5.74) is 5.47. The third kappa shape index (κ3) is 3.59. The zero-order valence-corrected chi connectivity index (χ0v) is 12.8. The summed E-state index contributed by atoms with van der Waals surface area (Å²) in [7, 11) is 0. The summed E-state index contributed by atoms with van der Waals surface area (Å²) in [5.74, 6) is -1.01. The van der Waals surface area contributed by atoms with E-state index in [0.717, 1.165) is 6.07 Å². The standard InChI is InChI=1S/C14H11BrFN3O3/c15-10-2-3-11(16)9(5-10)7-18-14(20)8-1-4-12(17)13(6-8)19(21)22/h1-6H,7,17H2,(H,18,20). The molecule has 2 aromatic rings. The fourth-order valence-corrected chi connectivity index (χ4v) is 2.21. The van der Waals surface area contributed by atoms with Gasteiger partial charge in [-0.05, 0) is 30.3 Å². The van der Waals surface area contributed by atoms with E-state index in [2.05, 4.69) is 21.2 Å². The number of carbonyl (C=O) groups is 1. The van der Waals surface area contributed by atoms with Crippen LogP contribution in [0.1, 0.15) is 15.9 Å². The van der Waals surface area contributed by atoms with Crippen LogP contribution < -0.4 is 11.1 Å². The molecule has 114 valence electrons. The van der Waals surface area contributed by atoms with Crippen LogP contribution in [0.5, 0.6) is 0 Å². The molecule has 0 saturated carbocycles. The van der Waals surface area contributed by atoms with Gasteiger partial charge in [0, 0.05) is 28.2 Å². The Bertz CT molecular complexity index is 752. The third-order valence-electron chi connectivity index (χ3n) is 2.94. The second-order valence-corrected chi connectivity index (χ2v) is 5.36. The first-order valence-corrected chi connectivity index (χ1v) is 6.94. The average molecular weight is 368 g/mol. The Labute approximate surface area is 133 Å². The van der Waals surface area contributed by atoms with Gasteiger partial charge in [0.05, 0.1) is 4.92 Å². The van der Waals surface area contributed by atoms with Crippen LogP contribution in [0.3, 0.4) is 0 Å². The Morgan fingerprint density at radius 1 is 1.32 bits per heavy atom. The molecule has 6 nitrogen and oxygen atoms in total. The van der Waals surface area contributed by atoms with Crippen molar-refractivity contribution < 1.29 is 14.1 Å². The van der Waals surface area contributed by atoms with E-state index in [1.54, 1.807) is 12.1 Å². The molecule has 0 aliphatic rings. The van der Waals surface area contributed by atoms with Crippen molar-refractivity contribution in [1.29, 1.82) is 0 Å². The van der Waals surface area contributed by atoms with Gasteiger partial charge in [0.15, 0.2) is 0 Å². The van der Waals surface area contributed by atoms with Gasteiger partial charge in [-0.25, -0.2) is 4.39 Å². The number of rotatable bonds is 4. The second-order valence-electron chi connectivity index (χ2n) is 4.45. The van der Waals surface area contributed by atoms with Crippen molar-refractivity contribution in [2.75, 3.05) is 5.73 Å². The minimum atomic E-state index is -0.667. The van der Waals surface area contributed by atoms with Crippen molar-refractivity contribution in [1.82, 2.24) is 5.32 Å². The van der Waals surface area contributed by atoms with Gasteiger partial charge in [0.25, 0.3) is 11.6 Å². The van der Waals surface area contributed by atoms with Crippen molar-refractivity contribution in [3.05, 3.63) is 67.9 Å². The number of nitrogens with zero attached hydrogens (tertiary/aromatic N) is 1. The van der Waals surface area contributed by atoms with Gasteiger partial charge in [-0.2, -0.15) is 0 Å². The summed E-state index contributed by atoms with van der Waals surface area (Å²) in [5, 5.41) is 13.3. The summed E-state index contributed by atoms with van der Waals surface area (Å²) in [6.07, 6.45) is 0. The molecule has 0 saturated heterocycles. The molecule has 0 unspecified atom stereocenters. The van der Waals surface area contributed by atoms with Crippen LogP contribution in [0.25, 0.3) is 0 Å². The number of nitro groups is 1. The lowest BCUT2D eigenvalue weighted by molar-refractivity contribution is -0.383. The number of nitrogen functional groups attached to an aromatic ring is 1. The number of hydrogen-bond donors (Lipinski definition) is 2. The largest absolute Gasteiger partial charge is 0.393 e. The molecule has 0 atom stereocenters. The summed E-state index contributed by atoms with van der Waals surface area (Å²) in [6.45, 7) is -0.0394. The fourth-order valence-electron chi connectivity index (χ4n) is 1.80. The quantitative estimate of drug-likeness (QED) is 0.492. The summed E-state index contributed by atoms with van der Waals surface area (Å²) >= 11 is 3.21. The molecule has 0 fully saturated rings. The molecule has 0 spiro atoms. The number of anilines is 1. The first-order chi connectivity index (χ1) is 10.4. The number of nitrogens with one attached hydrogen (secondary N) is 1. The van der Waals surface area contributed by atoms with Gasteiger partial charge >= 0.3 is 0 Å². The van der Waals surface area contributed by atoms with E-state index in [-0.39, 0.29) is 23.5 Å². The molecule has 1 amide bonds. The lowest BCUT2D eigenvalue weighted by atomic mass is 10.1. The van der Waals surface area contributed by atoms with Gasteiger partial charge in [0.2, 0.25) is 0 Å². The first-order valence-electron chi connectivity index (χ1n) is 6.14. The van der Waals surface area contributed by atoms with Crippen molar-refractivity contribution in [2.24, 2.45) is 0 Å². The zero-order valence-electron chi connectivity index (χ0n) is 11.2. The Balaban J connectivity index is 2.14. The summed E-state index contributed by atoms with van der Waals surface area (Å²) in [6, 6.07) is 8.11. The van der Waals surface area contributed by atoms with E-state index in [9.17, 15) is 19.3 Å². The number of nitrogens with two attached hydrogens (primary N) is 1. The normalized spacial score (nSPS) is 10.3. The minimum Gasteiger partial charge on any atom is -0.393 e. The Kier molecular flexibility index (Phi) is 4.71. The van der Waals surface area contributed by atoms with Gasteiger partial charge in [-0.1, -0.05) is 15.9 Å². The van der Waals surface area contributed by atoms with Crippen molar-refractivity contribution >= 4 is 33.2 Å². The fraction of sp³-hybridized carbons (Fsp3) is 0.0714. The monoisotopic (exact) mass is 367 g/mol. The SMILES string of the molecule is Nc1ccc(C(=O)NCc2cc(Br)ccc2F)cc1[N+](=O)[O-]. The van der Waals surface area contributed by atoms with Crippen molar-refractivity contribution in [3.63, 3.8) is 0 Å². The highest BCUT2D eigenvalue weighted by molar-refractivity contribution is 9.10. The van der Waals surface area contributed by atoms with Crippen LogP contribution in [0, 0.1) is 15.9 Å². The van der Waals surface area contributed by atoms with Crippen LogP contribution in [-0.4, -0.2) is 10.8 Å². The molecular weight excluding hydrogens is 357 g/mol. The molecule has 0 radical (unpaired) electrons. The maximum atomic E-state index is 13.6. The molecule has 2 rings (SSSR count). The minimum absolute atomic E-state index is 0.0282. The molecule has 3 N–H and O–H groups in total. The molecule has 0 bridgehead atoms. The topological polar surface area (TPSA) is 98.3 Å². The van der Waals surface area contributed by atoms with Crippen LogP contribution in [0.15, 0.2) is 40.9 Å². The highest BCUT2D eigenvalue weighted by Crippen LogP contribution is 2.22. The predicted octanol–water partition coefficient (Wildman–Crippen LogP) is 3.01. The molecule has 2 aromatic carbocycles. The predicted molar refractivity (Wildman–Crippen MR) is 82.8 cm³/mol. The van der Waals surface area contributed by atoms with Gasteiger partial charge in [-0.15, -0.1) is 0 Å². The molecule has 0 aromatic heterocycles. The summed E-state index contributed by atoms with van der Waals surface area (Å²) in [4.78, 5) is 22.1. The van der Waals surface area contributed by atoms with Gasteiger partial charge in [0.1, 0.15) is 11.5 Å². The summed E-state index contributed by atoms with van der Waals surface area (Å²) < 4.78 is 14.2. The lowest BCUT2D eigenvalue weighted by Gasteiger charge is -2.07. The highest BCUT2D eigenvalue weighted by atomic mass is 79.9. The van der Waals surface area contributed by atoms with Gasteiger partial charge < -0.3 is 11.1 Å². The molecule has 0 aliphatic heterocycles. The van der Waals surface area contributed by atoms with E-state index < -0.39 is 16.6 Å². The number of amides is 1. The van der Waals surface area contributed by atoms with Crippen LogP contribution in [0.2, 0.25) is 0 Å². The Morgan fingerprint density at radius 2 is 2.05 bits per heavy atom. The smallest absolute Gasteiger partial charge is 0.292 e. The Hall–Kier alpha value is -2.48. The molecule has 0 aliphatic carbocycles. The lowest BCUT2D eigenvalue weighted by Crippen LogP contribution is -2.23. The maximum absolute atomic E-state index is 13.6. The third-order valence-corrected chi connectivity index (χ3v) is 3.43. The number of hydrogen-bond acceptors (Lipinski definition) is 4. The molecule has 0 heterocycles. The van der Waals surface area contributed by atoms with Crippen LogP contribution in [-0.2, 0) is 6.54 Å². The zero-order chi connectivity index (χ0) is 16.3. The van der Waals surface area contributed by atoms with Crippen LogP contribution >= 0.6 is 15.9 Å². The van der Waals surface area contributed by atoms with E-state index in [1.165, 1.54) is 18.2 Å². The van der Waals surface area contributed by atoms with Gasteiger partial charge in [-0.3, -0.25) is 14.9 Å². The number of halogens is 2. The molecule has 8 heteroatoms. The van der Waals surface area contributed by atoms with E-state index in [4.69, 9.17) is 5.73 Å². The first kappa shape index (κ1) is 15.9. The second kappa shape index (κ2) is 6.52. The molecule has 22 heavy (non-hydrogen) atoms. The highest BCUT2D eigenvalue weighted by Gasteiger charge is 2.15.